The third kappa shape index (κ3) is 8.09. The monoisotopic (exact) mass is 332 g/mol. The molecule has 0 aliphatic heterocycles. The highest BCUT2D eigenvalue weighted by molar-refractivity contribution is 5.93. The van der Waals surface area contributed by atoms with Crippen LogP contribution in [0.15, 0.2) is 12.2 Å². The molecule has 0 saturated heterocycles. The summed E-state index contributed by atoms with van der Waals surface area (Å²) in [5.74, 6) is -4.09. The summed E-state index contributed by atoms with van der Waals surface area (Å²) in [6.07, 6.45) is 4.54. The third-order valence-electron chi connectivity index (χ3n) is 3.73. The van der Waals surface area contributed by atoms with E-state index in [4.69, 9.17) is 9.47 Å². The van der Waals surface area contributed by atoms with E-state index in [0.717, 1.165) is 19.3 Å². The number of ether oxygens (including phenoxy) is 2. The van der Waals surface area contributed by atoms with Gasteiger partial charge in [-0.3, -0.25) is 4.79 Å². The molecule has 1 rings (SSSR count). The summed E-state index contributed by atoms with van der Waals surface area (Å²) >= 11 is 0. The van der Waals surface area contributed by atoms with Crippen LogP contribution in [0.25, 0.3) is 0 Å². The van der Waals surface area contributed by atoms with E-state index >= 15 is 0 Å². The third-order valence-corrected chi connectivity index (χ3v) is 3.73. The predicted octanol–water partition coefficient (Wildman–Crippen LogP) is 4.18. The normalized spacial score (nSPS) is 16.5. The van der Waals surface area contributed by atoms with Gasteiger partial charge >= 0.3 is 11.9 Å². The largest absolute Gasteiger partial charge is 0.465 e. The van der Waals surface area contributed by atoms with Crippen molar-refractivity contribution in [1.29, 1.82) is 0 Å². The quantitative estimate of drug-likeness (QED) is 0.324. The highest BCUT2D eigenvalue weighted by Gasteiger charge is 2.47. The van der Waals surface area contributed by atoms with E-state index in [9.17, 15) is 18.4 Å². The van der Waals surface area contributed by atoms with Gasteiger partial charge in [-0.05, 0) is 6.42 Å². The average molecular weight is 332 g/mol. The van der Waals surface area contributed by atoms with Crippen LogP contribution in [0.4, 0.5) is 8.78 Å². The molecule has 0 aromatic rings. The Hall–Kier alpha value is -1.46. The van der Waals surface area contributed by atoms with Crippen LogP contribution in [0, 0.1) is 0 Å². The number of hydrogen-bond acceptors (Lipinski definition) is 4. The summed E-state index contributed by atoms with van der Waals surface area (Å²) in [5, 5.41) is 0. The van der Waals surface area contributed by atoms with Gasteiger partial charge < -0.3 is 9.47 Å². The van der Waals surface area contributed by atoms with Crippen LogP contribution in [-0.4, -0.2) is 30.6 Å². The average Bonchev–Trinajstić information content (AvgIpc) is 2.44. The molecule has 0 radical (unpaired) electrons. The first-order valence-electron chi connectivity index (χ1n) is 8.26. The molecule has 4 nitrogen and oxygen atoms in total. The smallest absolute Gasteiger partial charge is 0.334 e. The Kier molecular flexibility index (Phi) is 8.20. The zero-order valence-electron chi connectivity index (χ0n) is 13.7. The van der Waals surface area contributed by atoms with E-state index in [0.29, 0.717) is 6.61 Å². The highest BCUT2D eigenvalue weighted by Crippen LogP contribution is 2.39. The Bertz CT molecular complexity index is 413. The lowest BCUT2D eigenvalue weighted by Gasteiger charge is -2.34. The molecule has 0 aromatic heterocycles. The minimum atomic E-state index is -2.75. The summed E-state index contributed by atoms with van der Waals surface area (Å²) in [4.78, 5) is 23.1. The first kappa shape index (κ1) is 19.6. The SMILES string of the molecule is C=C(CC(=O)OCCCCCCCC)C(=O)OC1CC(F)(F)C1. The summed E-state index contributed by atoms with van der Waals surface area (Å²) in [6, 6.07) is 0. The van der Waals surface area contributed by atoms with Crippen LogP contribution in [0.5, 0.6) is 0 Å². The van der Waals surface area contributed by atoms with Gasteiger partial charge in [0.1, 0.15) is 6.10 Å². The van der Waals surface area contributed by atoms with Gasteiger partial charge in [0.2, 0.25) is 0 Å². The van der Waals surface area contributed by atoms with Gasteiger partial charge in [-0.25, -0.2) is 13.6 Å². The molecule has 1 aliphatic rings. The van der Waals surface area contributed by atoms with E-state index in [1.807, 2.05) is 0 Å². The molecule has 1 fully saturated rings. The van der Waals surface area contributed by atoms with E-state index in [-0.39, 0.29) is 12.0 Å². The van der Waals surface area contributed by atoms with Gasteiger partial charge in [0, 0.05) is 18.4 Å². The van der Waals surface area contributed by atoms with Crippen LogP contribution in [0.3, 0.4) is 0 Å². The first-order valence-corrected chi connectivity index (χ1v) is 8.26. The fourth-order valence-corrected chi connectivity index (χ4v) is 2.29. The second kappa shape index (κ2) is 9.63. The minimum Gasteiger partial charge on any atom is -0.465 e. The van der Waals surface area contributed by atoms with Crippen LogP contribution in [0.2, 0.25) is 0 Å². The number of carbonyl (C=O) groups is 2. The molecule has 23 heavy (non-hydrogen) atoms. The molecular weight excluding hydrogens is 306 g/mol. The van der Waals surface area contributed by atoms with Crippen molar-refractivity contribution in [3.05, 3.63) is 12.2 Å². The lowest BCUT2D eigenvalue weighted by atomic mass is 9.91. The second-order valence-electron chi connectivity index (χ2n) is 6.06. The summed E-state index contributed by atoms with van der Waals surface area (Å²) in [5.41, 5.74) is -0.0619. The van der Waals surface area contributed by atoms with Crippen molar-refractivity contribution in [3.8, 4) is 0 Å². The van der Waals surface area contributed by atoms with Crippen LogP contribution < -0.4 is 0 Å². The summed E-state index contributed by atoms with van der Waals surface area (Å²) < 4.78 is 35.1. The maximum atomic E-state index is 12.6. The van der Waals surface area contributed by atoms with Crippen molar-refractivity contribution < 1.29 is 27.8 Å². The fraction of sp³-hybridized carbons (Fsp3) is 0.765. The van der Waals surface area contributed by atoms with Gasteiger partial charge in [0.25, 0.3) is 5.92 Å². The molecule has 0 N–H and O–H groups in total. The maximum Gasteiger partial charge on any atom is 0.334 e. The predicted molar refractivity (Wildman–Crippen MR) is 82.2 cm³/mol. The van der Waals surface area contributed by atoms with Crippen molar-refractivity contribution in [3.63, 3.8) is 0 Å². The fourth-order valence-electron chi connectivity index (χ4n) is 2.29. The minimum absolute atomic E-state index is 0.0619. The topological polar surface area (TPSA) is 52.6 Å². The summed E-state index contributed by atoms with van der Waals surface area (Å²) in [6.45, 7) is 5.93. The molecule has 0 spiro atoms. The Morgan fingerprint density at radius 3 is 2.35 bits per heavy atom. The van der Waals surface area contributed by atoms with Crippen LogP contribution in [-0.2, 0) is 19.1 Å². The molecule has 1 saturated carbocycles. The number of hydrogen-bond donors (Lipinski definition) is 0. The van der Waals surface area contributed by atoms with E-state index in [2.05, 4.69) is 13.5 Å². The molecule has 0 atom stereocenters. The number of alkyl halides is 2. The number of rotatable bonds is 11. The maximum absolute atomic E-state index is 12.6. The van der Waals surface area contributed by atoms with Crippen molar-refractivity contribution in [1.82, 2.24) is 0 Å². The Morgan fingerprint density at radius 1 is 1.13 bits per heavy atom. The van der Waals surface area contributed by atoms with E-state index < -0.39 is 36.8 Å². The Balaban J connectivity index is 2.06. The summed E-state index contributed by atoms with van der Waals surface area (Å²) in [7, 11) is 0. The highest BCUT2D eigenvalue weighted by atomic mass is 19.3. The zero-order chi connectivity index (χ0) is 17.3. The van der Waals surface area contributed by atoms with Gasteiger partial charge in [-0.15, -0.1) is 0 Å². The van der Waals surface area contributed by atoms with Crippen molar-refractivity contribution in [2.24, 2.45) is 0 Å². The zero-order valence-corrected chi connectivity index (χ0v) is 13.7. The van der Waals surface area contributed by atoms with Crippen molar-refractivity contribution >= 4 is 11.9 Å². The van der Waals surface area contributed by atoms with Gasteiger partial charge in [-0.2, -0.15) is 0 Å². The molecule has 1 aliphatic carbocycles. The number of unbranched alkanes of at least 4 members (excludes halogenated alkanes) is 5. The molecule has 0 heterocycles. The number of esters is 2. The first-order chi connectivity index (χ1) is 10.8. The van der Waals surface area contributed by atoms with Gasteiger partial charge in [-0.1, -0.05) is 45.6 Å². The molecule has 132 valence electrons. The second-order valence-corrected chi connectivity index (χ2v) is 6.06. The Labute approximate surface area is 136 Å². The van der Waals surface area contributed by atoms with Crippen LogP contribution in [0.1, 0.15) is 64.7 Å². The van der Waals surface area contributed by atoms with E-state index in [1.165, 1.54) is 19.3 Å². The lowest BCUT2D eigenvalue weighted by molar-refractivity contribution is -0.180. The number of halogens is 2. The molecule has 0 unspecified atom stereocenters. The lowest BCUT2D eigenvalue weighted by Crippen LogP contribution is -2.42. The molecule has 6 heteroatoms. The van der Waals surface area contributed by atoms with Crippen LogP contribution >= 0.6 is 0 Å². The molecule has 0 amide bonds. The van der Waals surface area contributed by atoms with Crippen molar-refractivity contribution in [2.45, 2.75) is 76.7 Å². The van der Waals surface area contributed by atoms with Gasteiger partial charge in [0.15, 0.2) is 0 Å². The van der Waals surface area contributed by atoms with E-state index in [1.54, 1.807) is 0 Å². The molecule has 0 bridgehead atoms. The molecule has 0 aromatic carbocycles. The molecular formula is C17H26F2O4. The van der Waals surface area contributed by atoms with Gasteiger partial charge in [0.05, 0.1) is 13.0 Å². The number of carbonyl (C=O) groups excluding carboxylic acids is 2. The Morgan fingerprint density at radius 2 is 1.74 bits per heavy atom. The standard InChI is InChI=1S/C17H26F2O4/c1-3-4-5-6-7-8-9-22-15(20)10-13(2)16(21)23-14-11-17(18,19)12-14/h14H,2-12H2,1H3. The van der Waals surface area contributed by atoms with Crippen molar-refractivity contribution in [2.75, 3.05) is 6.61 Å².